The smallest absolute Gasteiger partial charge is 0.234 e. The number of carbonyl (C=O) groups is 1. The van der Waals surface area contributed by atoms with Crippen molar-refractivity contribution < 1.29 is 13.2 Å². The Kier molecular flexibility index (Phi) is 20.3. The van der Waals surface area contributed by atoms with Crippen LogP contribution in [0.1, 0.15) is 96.8 Å². The fraction of sp³-hybridized carbons (Fsp3) is 0.875. The van der Waals surface area contributed by atoms with Crippen molar-refractivity contribution >= 4 is 15.9 Å². The van der Waals surface area contributed by atoms with Gasteiger partial charge in [-0.1, -0.05) is 51.2 Å². The van der Waals surface area contributed by atoms with E-state index in [9.17, 15) is 13.2 Å². The molecule has 0 aliphatic rings. The van der Waals surface area contributed by atoms with E-state index in [1.807, 2.05) is 19.0 Å². The number of sulfonamides is 1. The molecule has 31 heavy (non-hydrogen) atoms. The highest BCUT2D eigenvalue weighted by Crippen LogP contribution is 2.07. The number of allylic oxidation sites excluding steroid dienone is 2. The molecule has 0 aromatic rings. The van der Waals surface area contributed by atoms with Gasteiger partial charge in [-0.3, -0.25) is 9.52 Å². The minimum atomic E-state index is -3.50. The van der Waals surface area contributed by atoms with Crippen LogP contribution in [0.15, 0.2) is 12.2 Å². The maximum Gasteiger partial charge on any atom is 0.234 e. The van der Waals surface area contributed by atoms with Crippen LogP contribution < -0.4 is 10.0 Å². The van der Waals surface area contributed by atoms with E-state index < -0.39 is 15.9 Å². The minimum absolute atomic E-state index is 0.00723. The van der Waals surface area contributed by atoms with Crippen LogP contribution in [0.25, 0.3) is 0 Å². The minimum Gasteiger partial charge on any atom is -0.317 e. The maximum atomic E-state index is 11.8. The molecule has 6 nitrogen and oxygen atoms in total. The number of hydrogen-bond donors (Lipinski definition) is 2. The molecule has 0 saturated carbocycles. The first-order chi connectivity index (χ1) is 14.9. The first-order valence-corrected chi connectivity index (χ1v) is 14.1. The normalized spacial score (nSPS) is 12.1. The zero-order valence-corrected chi connectivity index (χ0v) is 21.3. The fourth-order valence-electron chi connectivity index (χ4n) is 3.30. The van der Waals surface area contributed by atoms with Gasteiger partial charge in [0, 0.05) is 6.42 Å². The number of carbonyl (C=O) groups excluding carboxylic acids is 1. The molecule has 0 bridgehead atoms. The zero-order valence-electron chi connectivity index (χ0n) is 20.5. The lowest BCUT2D eigenvalue weighted by Gasteiger charge is -2.10. The lowest BCUT2D eigenvalue weighted by Crippen LogP contribution is -2.33. The summed E-state index contributed by atoms with van der Waals surface area (Å²) in [6.45, 7) is 4.82. The van der Waals surface area contributed by atoms with Gasteiger partial charge < -0.3 is 10.2 Å². The highest BCUT2D eigenvalue weighted by Gasteiger charge is 2.13. The maximum absolute atomic E-state index is 11.8. The van der Waals surface area contributed by atoms with Crippen LogP contribution in [0.4, 0.5) is 0 Å². The van der Waals surface area contributed by atoms with Gasteiger partial charge in [0.2, 0.25) is 15.9 Å². The molecule has 0 aliphatic heterocycles. The van der Waals surface area contributed by atoms with Crippen LogP contribution in [0.3, 0.4) is 0 Å². The third-order valence-electron chi connectivity index (χ3n) is 5.16. The van der Waals surface area contributed by atoms with Crippen molar-refractivity contribution in [3.8, 4) is 0 Å². The lowest BCUT2D eigenvalue weighted by molar-refractivity contribution is -0.119. The molecule has 184 valence electrons. The summed E-state index contributed by atoms with van der Waals surface area (Å²) in [5.41, 5.74) is 0. The van der Waals surface area contributed by atoms with Gasteiger partial charge in [0.05, 0.1) is 5.75 Å². The zero-order chi connectivity index (χ0) is 23.2. The van der Waals surface area contributed by atoms with Crippen molar-refractivity contribution in [2.75, 3.05) is 39.5 Å². The molecule has 0 rings (SSSR count). The van der Waals surface area contributed by atoms with Gasteiger partial charge in [-0.25, -0.2) is 8.42 Å². The summed E-state index contributed by atoms with van der Waals surface area (Å²) in [5, 5.41) is 3.40. The average molecular weight is 460 g/mol. The second-order valence-electron chi connectivity index (χ2n) is 8.73. The van der Waals surface area contributed by atoms with Crippen molar-refractivity contribution in [1.82, 2.24) is 14.9 Å². The summed E-state index contributed by atoms with van der Waals surface area (Å²) in [5.74, 6) is -0.398. The van der Waals surface area contributed by atoms with Gasteiger partial charge in [0.15, 0.2) is 0 Å². The molecule has 1 amide bonds. The molecule has 0 aromatic carbocycles. The molecule has 0 atom stereocenters. The molecule has 7 heteroatoms. The van der Waals surface area contributed by atoms with Gasteiger partial charge in [-0.05, 0) is 85.1 Å². The number of hydrogen-bond acceptors (Lipinski definition) is 5. The fourth-order valence-corrected chi connectivity index (χ4v) is 4.36. The Bertz CT molecular complexity index is 548. The molecule has 0 fully saturated rings. The summed E-state index contributed by atoms with van der Waals surface area (Å²) in [7, 11) is 0.297. The number of nitrogens with one attached hydrogen (secondary N) is 2. The predicted molar refractivity (Wildman–Crippen MR) is 133 cm³/mol. The molecular weight excluding hydrogens is 410 g/mol. The SMILES string of the molecule is CCCCCCCC/C=C\CCCCNCCCCC(=O)NS(=O)(=O)CCCN(C)C. The molecule has 0 radical (unpaired) electrons. The second-order valence-corrected chi connectivity index (χ2v) is 10.6. The molecule has 0 aromatic heterocycles. The summed E-state index contributed by atoms with van der Waals surface area (Å²) in [4.78, 5) is 13.7. The first kappa shape index (κ1) is 30.1. The van der Waals surface area contributed by atoms with E-state index in [1.54, 1.807) is 0 Å². The number of rotatable bonds is 22. The standard InChI is InChI=1S/C24H49N3O3S/c1-4-5-6-7-8-9-10-11-12-13-14-16-20-25-21-17-15-19-24(28)26-31(29,30)23-18-22-27(2)3/h11-12,25H,4-10,13-23H2,1-3H3,(H,26,28)/b12-11-. The van der Waals surface area contributed by atoms with E-state index in [0.717, 1.165) is 32.4 Å². The lowest BCUT2D eigenvalue weighted by atomic mass is 10.1. The third kappa shape index (κ3) is 23.6. The van der Waals surface area contributed by atoms with Gasteiger partial charge in [0.1, 0.15) is 0 Å². The van der Waals surface area contributed by atoms with Crippen molar-refractivity contribution in [2.24, 2.45) is 0 Å². The van der Waals surface area contributed by atoms with E-state index in [-0.39, 0.29) is 12.2 Å². The summed E-state index contributed by atoms with van der Waals surface area (Å²) in [6, 6.07) is 0. The monoisotopic (exact) mass is 459 g/mol. The van der Waals surface area contributed by atoms with Crippen molar-refractivity contribution in [3.63, 3.8) is 0 Å². The van der Waals surface area contributed by atoms with E-state index in [4.69, 9.17) is 0 Å². The highest BCUT2D eigenvalue weighted by atomic mass is 32.2. The predicted octanol–water partition coefficient (Wildman–Crippen LogP) is 4.62. The highest BCUT2D eigenvalue weighted by molar-refractivity contribution is 7.90. The summed E-state index contributed by atoms with van der Waals surface area (Å²) >= 11 is 0. The van der Waals surface area contributed by atoms with Crippen LogP contribution >= 0.6 is 0 Å². The largest absolute Gasteiger partial charge is 0.317 e. The Morgan fingerprint density at radius 3 is 2.03 bits per heavy atom. The van der Waals surface area contributed by atoms with Crippen LogP contribution in [-0.2, 0) is 14.8 Å². The van der Waals surface area contributed by atoms with Crippen LogP contribution in [0, 0.1) is 0 Å². The van der Waals surface area contributed by atoms with Crippen LogP contribution in [0.5, 0.6) is 0 Å². The van der Waals surface area contributed by atoms with Crippen molar-refractivity contribution in [2.45, 2.75) is 96.8 Å². The quantitative estimate of drug-likeness (QED) is 0.182. The molecule has 0 spiro atoms. The Balaban J connectivity index is 3.43. The molecular formula is C24H49N3O3S. The molecule has 0 heterocycles. The molecule has 0 aliphatic carbocycles. The first-order valence-electron chi connectivity index (χ1n) is 12.4. The molecule has 0 saturated heterocycles. The van der Waals surface area contributed by atoms with Crippen molar-refractivity contribution in [1.29, 1.82) is 0 Å². The van der Waals surface area contributed by atoms with Crippen LogP contribution in [-0.4, -0.2) is 58.7 Å². The van der Waals surface area contributed by atoms with Gasteiger partial charge in [-0.2, -0.15) is 0 Å². The van der Waals surface area contributed by atoms with E-state index in [2.05, 4.69) is 29.1 Å². The summed E-state index contributed by atoms with van der Waals surface area (Å²) in [6.07, 6.45) is 19.9. The number of unbranched alkanes of at least 4 members (excludes halogenated alkanes) is 9. The molecule has 2 N–H and O–H groups in total. The van der Waals surface area contributed by atoms with Gasteiger partial charge in [0.25, 0.3) is 0 Å². The second kappa shape index (κ2) is 21.0. The van der Waals surface area contributed by atoms with Gasteiger partial charge >= 0.3 is 0 Å². The summed E-state index contributed by atoms with van der Waals surface area (Å²) < 4.78 is 25.8. The van der Waals surface area contributed by atoms with Crippen molar-refractivity contribution in [3.05, 3.63) is 12.2 Å². The Labute approximate surface area is 192 Å². The number of amides is 1. The third-order valence-corrected chi connectivity index (χ3v) is 6.53. The van der Waals surface area contributed by atoms with E-state index in [1.165, 1.54) is 51.4 Å². The Morgan fingerprint density at radius 1 is 0.806 bits per heavy atom. The molecule has 0 unspecified atom stereocenters. The van der Waals surface area contributed by atoms with E-state index in [0.29, 0.717) is 19.4 Å². The number of nitrogens with zero attached hydrogens (tertiary/aromatic N) is 1. The average Bonchev–Trinajstić information content (AvgIpc) is 2.69. The Morgan fingerprint density at radius 2 is 1.39 bits per heavy atom. The van der Waals surface area contributed by atoms with Crippen LogP contribution in [0.2, 0.25) is 0 Å². The Hall–Kier alpha value is -0.920. The topological polar surface area (TPSA) is 78.5 Å². The van der Waals surface area contributed by atoms with E-state index >= 15 is 0 Å². The van der Waals surface area contributed by atoms with Gasteiger partial charge in [-0.15, -0.1) is 0 Å².